The van der Waals surface area contributed by atoms with Crippen molar-refractivity contribution in [1.29, 1.82) is 0 Å². The summed E-state index contributed by atoms with van der Waals surface area (Å²) in [6.45, 7) is 0.122. The summed E-state index contributed by atoms with van der Waals surface area (Å²) in [6.07, 6.45) is 1.49. The van der Waals surface area contributed by atoms with Gasteiger partial charge in [-0.25, -0.2) is 0 Å². The van der Waals surface area contributed by atoms with Crippen molar-refractivity contribution in [3.63, 3.8) is 0 Å². The molecule has 0 radical (unpaired) electrons. The summed E-state index contributed by atoms with van der Waals surface area (Å²) in [5, 5.41) is 0. The predicted molar refractivity (Wildman–Crippen MR) is 82.4 cm³/mol. The molecule has 2 aromatic rings. The van der Waals surface area contributed by atoms with Crippen molar-refractivity contribution in [3.8, 4) is 11.5 Å². The minimum Gasteiger partial charge on any atom is -0.493 e. The first-order valence-electron chi connectivity index (χ1n) is 7.66. The summed E-state index contributed by atoms with van der Waals surface area (Å²) >= 11 is 0. The lowest BCUT2D eigenvalue weighted by molar-refractivity contribution is -0.141. The summed E-state index contributed by atoms with van der Waals surface area (Å²) in [5.41, 5.74) is 1.35. The number of carbonyl (C=O) groups excluding carboxylic acids is 2. The van der Waals surface area contributed by atoms with Gasteiger partial charge in [0.1, 0.15) is 12.4 Å². The van der Waals surface area contributed by atoms with Crippen LogP contribution in [0.3, 0.4) is 0 Å². The second-order valence-corrected chi connectivity index (χ2v) is 5.92. The smallest absolute Gasteiger partial charge is 0.310 e. The Morgan fingerprint density at radius 1 is 1.08 bits per heavy atom. The van der Waals surface area contributed by atoms with Gasteiger partial charge in [0.25, 0.3) is 0 Å². The Balaban J connectivity index is 1.88. The number of ketones is 1. The monoisotopic (exact) mass is 328 g/mol. The fourth-order valence-corrected chi connectivity index (χ4v) is 3.68. The van der Waals surface area contributed by atoms with Gasteiger partial charge in [-0.15, -0.1) is 0 Å². The van der Waals surface area contributed by atoms with Gasteiger partial charge in [0.05, 0.1) is 43.8 Å². The zero-order valence-corrected chi connectivity index (χ0v) is 13.3. The van der Waals surface area contributed by atoms with Crippen LogP contribution in [0.1, 0.15) is 27.6 Å². The molecule has 1 aromatic carbocycles. The lowest BCUT2D eigenvalue weighted by Crippen LogP contribution is -2.35. The molecule has 1 aliphatic carbocycles. The molecule has 0 N–H and O–H groups in total. The number of ether oxygens (including phenoxy) is 3. The molecule has 1 aromatic heterocycles. The van der Waals surface area contributed by atoms with E-state index in [1.54, 1.807) is 26.4 Å². The maximum absolute atomic E-state index is 12.6. The predicted octanol–water partition coefficient (Wildman–Crippen LogP) is 2.41. The Morgan fingerprint density at radius 3 is 2.62 bits per heavy atom. The van der Waals surface area contributed by atoms with Crippen molar-refractivity contribution in [3.05, 3.63) is 47.4 Å². The van der Waals surface area contributed by atoms with E-state index >= 15 is 0 Å². The average Bonchev–Trinajstić information content (AvgIpc) is 3.23. The number of methoxy groups -OCH3 is 2. The molecule has 2 aliphatic rings. The van der Waals surface area contributed by atoms with E-state index in [0.717, 1.165) is 5.56 Å². The molecule has 1 saturated heterocycles. The van der Waals surface area contributed by atoms with E-state index in [0.29, 0.717) is 22.8 Å². The number of Topliss-reactive ketones (excluding diaryl/α,β-unsaturated/α-hetero) is 1. The molecule has 0 saturated carbocycles. The second kappa shape index (κ2) is 5.40. The van der Waals surface area contributed by atoms with Crippen LogP contribution in [0.5, 0.6) is 11.5 Å². The maximum Gasteiger partial charge on any atom is 0.310 e. The summed E-state index contributed by atoms with van der Waals surface area (Å²) in [5.74, 6) is -0.224. The molecule has 0 unspecified atom stereocenters. The quantitative estimate of drug-likeness (QED) is 0.806. The topological polar surface area (TPSA) is 75.0 Å². The van der Waals surface area contributed by atoms with Gasteiger partial charge >= 0.3 is 5.97 Å². The average molecular weight is 328 g/mol. The molecule has 124 valence electrons. The lowest BCUT2D eigenvalue weighted by atomic mass is 9.70. The first-order valence-corrected chi connectivity index (χ1v) is 7.66. The van der Waals surface area contributed by atoms with Crippen LogP contribution in [0.15, 0.2) is 34.9 Å². The number of hydrogen-bond acceptors (Lipinski definition) is 6. The zero-order valence-electron chi connectivity index (χ0n) is 13.3. The first-order chi connectivity index (χ1) is 11.7. The second-order valence-electron chi connectivity index (χ2n) is 5.92. The zero-order chi connectivity index (χ0) is 16.8. The third-order valence-corrected chi connectivity index (χ3v) is 4.82. The molecule has 6 heteroatoms. The lowest BCUT2D eigenvalue weighted by Gasteiger charge is -2.29. The normalized spacial score (nSPS) is 25.0. The number of rotatable bonds is 3. The Morgan fingerprint density at radius 2 is 1.88 bits per heavy atom. The molecule has 1 fully saturated rings. The number of benzene rings is 1. The number of fused-ring (bicyclic) bond motifs is 2. The van der Waals surface area contributed by atoms with Crippen molar-refractivity contribution < 1.29 is 28.2 Å². The van der Waals surface area contributed by atoms with E-state index in [-0.39, 0.29) is 24.3 Å². The Labute approximate surface area is 138 Å². The number of furan rings is 1. The number of esters is 1. The molecule has 4 rings (SSSR count). The fourth-order valence-electron chi connectivity index (χ4n) is 3.68. The van der Waals surface area contributed by atoms with Crippen LogP contribution in [0.25, 0.3) is 0 Å². The van der Waals surface area contributed by atoms with Crippen LogP contribution < -0.4 is 9.47 Å². The highest BCUT2D eigenvalue weighted by molar-refractivity contribution is 6.04. The highest BCUT2D eigenvalue weighted by Crippen LogP contribution is 2.48. The van der Waals surface area contributed by atoms with Crippen molar-refractivity contribution in [1.82, 2.24) is 0 Å². The molecular formula is C18H16O6. The highest BCUT2D eigenvalue weighted by Gasteiger charge is 2.53. The van der Waals surface area contributed by atoms with E-state index < -0.39 is 11.8 Å². The summed E-state index contributed by atoms with van der Waals surface area (Å²) < 4.78 is 21.4. The van der Waals surface area contributed by atoms with Crippen LogP contribution in [0.2, 0.25) is 0 Å². The van der Waals surface area contributed by atoms with Gasteiger partial charge in [-0.3, -0.25) is 9.59 Å². The third-order valence-electron chi connectivity index (χ3n) is 4.82. The van der Waals surface area contributed by atoms with E-state index in [2.05, 4.69) is 0 Å². The molecule has 0 amide bonds. The molecule has 6 nitrogen and oxygen atoms in total. The van der Waals surface area contributed by atoms with Crippen molar-refractivity contribution >= 4 is 11.8 Å². The highest BCUT2D eigenvalue weighted by atomic mass is 16.5. The van der Waals surface area contributed by atoms with Gasteiger partial charge in [0.2, 0.25) is 0 Å². The van der Waals surface area contributed by atoms with E-state index in [1.165, 1.54) is 6.26 Å². The molecule has 24 heavy (non-hydrogen) atoms. The van der Waals surface area contributed by atoms with Crippen LogP contribution >= 0.6 is 0 Å². The SMILES string of the molecule is COc1ccc([C@H]2c3occc3C(=O)[C@@H]3COC(=O)[C@H]23)cc1OC. The summed E-state index contributed by atoms with van der Waals surface area (Å²) in [7, 11) is 3.11. The van der Waals surface area contributed by atoms with E-state index in [4.69, 9.17) is 18.6 Å². The number of hydrogen-bond donors (Lipinski definition) is 0. The van der Waals surface area contributed by atoms with Crippen molar-refractivity contribution in [2.45, 2.75) is 5.92 Å². The molecular weight excluding hydrogens is 312 g/mol. The number of cyclic esters (lactones) is 1. The fraction of sp³-hybridized carbons (Fsp3) is 0.333. The standard InChI is InChI=1S/C18H16O6/c1-21-12-4-3-9(7-13(12)22-2)14-15-11(8-24-18(15)20)16(19)10-5-6-23-17(10)14/h3-7,11,14-15H,8H2,1-2H3/t11-,14-,15+/m1/s1. The largest absolute Gasteiger partial charge is 0.493 e. The molecule has 0 spiro atoms. The molecule has 0 bridgehead atoms. The van der Waals surface area contributed by atoms with Gasteiger partial charge in [0.15, 0.2) is 17.3 Å². The minimum atomic E-state index is -0.575. The maximum atomic E-state index is 12.6. The third kappa shape index (κ3) is 1.95. The summed E-state index contributed by atoms with van der Waals surface area (Å²) in [4.78, 5) is 24.8. The van der Waals surface area contributed by atoms with Gasteiger partial charge < -0.3 is 18.6 Å². The van der Waals surface area contributed by atoms with Gasteiger partial charge in [-0.05, 0) is 23.8 Å². The van der Waals surface area contributed by atoms with E-state index in [9.17, 15) is 9.59 Å². The van der Waals surface area contributed by atoms with Crippen LogP contribution in [0.4, 0.5) is 0 Å². The van der Waals surface area contributed by atoms with Crippen LogP contribution in [0, 0.1) is 11.8 Å². The number of carbonyl (C=O) groups is 2. The minimum absolute atomic E-state index is 0.0914. The van der Waals surface area contributed by atoms with E-state index in [1.807, 2.05) is 12.1 Å². The van der Waals surface area contributed by atoms with Gasteiger partial charge in [0, 0.05) is 0 Å². The van der Waals surface area contributed by atoms with Crippen LogP contribution in [-0.2, 0) is 9.53 Å². The van der Waals surface area contributed by atoms with Crippen molar-refractivity contribution in [2.24, 2.45) is 11.8 Å². The Bertz CT molecular complexity index is 821. The molecule has 2 heterocycles. The van der Waals surface area contributed by atoms with Crippen LogP contribution in [-0.4, -0.2) is 32.6 Å². The van der Waals surface area contributed by atoms with Crippen molar-refractivity contribution in [2.75, 3.05) is 20.8 Å². The molecule has 1 aliphatic heterocycles. The Hall–Kier alpha value is -2.76. The van der Waals surface area contributed by atoms with Gasteiger partial charge in [-0.1, -0.05) is 6.07 Å². The van der Waals surface area contributed by atoms with Gasteiger partial charge in [-0.2, -0.15) is 0 Å². The molecule has 3 atom stereocenters. The summed E-state index contributed by atoms with van der Waals surface area (Å²) in [6, 6.07) is 7.11. The first kappa shape index (κ1) is 14.8. The Kier molecular flexibility index (Phi) is 3.33.